The van der Waals surface area contributed by atoms with Crippen LogP contribution in [0.3, 0.4) is 0 Å². The number of nitrogens with zero attached hydrogens (tertiary/aromatic N) is 6. The highest BCUT2D eigenvalue weighted by Gasteiger charge is 2.31. The van der Waals surface area contributed by atoms with E-state index in [1.807, 2.05) is 11.8 Å². The number of carbonyl (C=O) groups is 2. The van der Waals surface area contributed by atoms with Gasteiger partial charge in [0, 0.05) is 37.3 Å². The Balaban J connectivity index is 1.61. The number of carbonyl (C=O) groups excluding carboxylic acids is 2. The van der Waals surface area contributed by atoms with Crippen molar-refractivity contribution in [2.24, 2.45) is 10.1 Å². The van der Waals surface area contributed by atoms with Crippen LogP contribution >= 0.6 is 0 Å². The third-order valence-corrected chi connectivity index (χ3v) is 6.31. The SMILES string of the molecule is C=N/C(=N\N1CNC(CC)=C(N(CCNC=O)CCc2ncnc(C)c2O)C1=O)c1ccc2c(c1)OCCO2. The summed E-state index contributed by atoms with van der Waals surface area (Å²) in [5.41, 5.74) is 2.72. The first kappa shape index (κ1) is 27.4. The van der Waals surface area contributed by atoms with Crippen LogP contribution < -0.4 is 20.1 Å². The fraction of sp³-hybridized carbons (Fsp3) is 0.385. The van der Waals surface area contributed by atoms with Crippen LogP contribution in [0.5, 0.6) is 17.2 Å². The maximum atomic E-state index is 13.8. The Morgan fingerprint density at radius 1 is 1.28 bits per heavy atom. The average molecular weight is 537 g/mol. The number of rotatable bonds is 11. The molecule has 39 heavy (non-hydrogen) atoms. The van der Waals surface area contributed by atoms with Crippen molar-refractivity contribution < 1.29 is 24.2 Å². The van der Waals surface area contributed by atoms with Gasteiger partial charge < -0.3 is 30.1 Å². The lowest BCUT2D eigenvalue weighted by atomic mass is 10.1. The number of ether oxygens (including phenoxy) is 2. The van der Waals surface area contributed by atoms with Gasteiger partial charge in [0.1, 0.15) is 31.9 Å². The van der Waals surface area contributed by atoms with Crippen LogP contribution in [0.25, 0.3) is 0 Å². The van der Waals surface area contributed by atoms with Gasteiger partial charge in [-0.2, -0.15) is 0 Å². The molecule has 0 bridgehead atoms. The van der Waals surface area contributed by atoms with Gasteiger partial charge >= 0.3 is 0 Å². The zero-order valence-electron chi connectivity index (χ0n) is 22.0. The van der Waals surface area contributed by atoms with Crippen molar-refractivity contribution in [3.63, 3.8) is 0 Å². The second-order valence-corrected chi connectivity index (χ2v) is 8.72. The van der Waals surface area contributed by atoms with E-state index in [-0.39, 0.29) is 24.2 Å². The van der Waals surface area contributed by atoms with E-state index in [1.165, 1.54) is 11.3 Å². The minimum absolute atomic E-state index is 0.0219. The number of hydrogen-bond acceptors (Lipinski definition) is 10. The minimum atomic E-state index is -0.335. The van der Waals surface area contributed by atoms with Crippen LogP contribution in [-0.2, 0) is 16.0 Å². The van der Waals surface area contributed by atoms with E-state index in [4.69, 9.17) is 9.47 Å². The molecule has 1 aromatic carbocycles. The maximum Gasteiger partial charge on any atom is 0.293 e. The predicted octanol–water partition coefficient (Wildman–Crippen LogP) is 0.926. The van der Waals surface area contributed by atoms with Crippen LogP contribution in [-0.4, -0.2) is 89.4 Å². The highest BCUT2D eigenvalue weighted by Crippen LogP contribution is 2.31. The molecule has 0 fully saturated rings. The summed E-state index contributed by atoms with van der Waals surface area (Å²) >= 11 is 0. The lowest BCUT2D eigenvalue weighted by Gasteiger charge is -2.35. The molecule has 1 aromatic heterocycles. The lowest BCUT2D eigenvalue weighted by Crippen LogP contribution is -2.48. The Hall–Kier alpha value is -4.68. The zero-order chi connectivity index (χ0) is 27.8. The van der Waals surface area contributed by atoms with Crippen molar-refractivity contribution in [1.29, 1.82) is 0 Å². The predicted molar refractivity (Wildman–Crippen MR) is 143 cm³/mol. The van der Waals surface area contributed by atoms with Gasteiger partial charge in [-0.25, -0.2) is 20.0 Å². The van der Waals surface area contributed by atoms with Crippen LogP contribution in [0.1, 0.15) is 30.3 Å². The molecule has 13 heteroatoms. The van der Waals surface area contributed by atoms with E-state index in [1.54, 1.807) is 25.1 Å². The monoisotopic (exact) mass is 536 g/mol. The molecule has 0 unspecified atom stereocenters. The van der Waals surface area contributed by atoms with Crippen molar-refractivity contribution >= 4 is 24.9 Å². The second kappa shape index (κ2) is 12.7. The standard InChI is InChI=1S/C26H32N8O5/c1-4-19-23(33(10-8-28-16-35)9-7-20-24(36)17(2)29-14-30-20)26(37)34(15-31-19)32-25(27-3)18-5-6-21-22(13-18)39-12-11-38-21/h5-6,13-14,16,31,36H,3-4,7-12,15H2,1-2H3,(H,28,35)/b32-25-. The third-order valence-electron chi connectivity index (χ3n) is 6.31. The van der Waals surface area contributed by atoms with Crippen LogP contribution in [0.4, 0.5) is 0 Å². The number of nitrogens with one attached hydrogen (secondary N) is 2. The van der Waals surface area contributed by atoms with Gasteiger partial charge in [0.25, 0.3) is 5.91 Å². The smallest absolute Gasteiger partial charge is 0.293 e. The van der Waals surface area contributed by atoms with Crippen molar-refractivity contribution in [3.8, 4) is 17.2 Å². The van der Waals surface area contributed by atoms with Gasteiger partial charge in [-0.05, 0) is 38.3 Å². The molecule has 13 nitrogen and oxygen atoms in total. The fourth-order valence-corrected chi connectivity index (χ4v) is 4.29. The molecule has 3 heterocycles. The number of aryl methyl sites for hydroxylation is 1. The van der Waals surface area contributed by atoms with E-state index in [2.05, 4.69) is 37.4 Å². The quantitative estimate of drug-likeness (QED) is 0.165. The Bertz CT molecular complexity index is 1300. The first-order valence-electron chi connectivity index (χ1n) is 12.6. The van der Waals surface area contributed by atoms with E-state index < -0.39 is 0 Å². The van der Waals surface area contributed by atoms with E-state index in [0.29, 0.717) is 86.2 Å². The largest absolute Gasteiger partial charge is 0.504 e. The molecule has 2 aliphatic heterocycles. The Morgan fingerprint density at radius 3 is 2.82 bits per heavy atom. The molecule has 0 aliphatic carbocycles. The number of hydrogen-bond donors (Lipinski definition) is 3. The molecule has 3 N–H and O–H groups in total. The lowest BCUT2D eigenvalue weighted by molar-refractivity contribution is -0.130. The summed E-state index contributed by atoms with van der Waals surface area (Å²) in [6.45, 7) is 9.35. The summed E-state index contributed by atoms with van der Waals surface area (Å²) in [5.74, 6) is 1.14. The van der Waals surface area contributed by atoms with Crippen LogP contribution in [0, 0.1) is 6.92 Å². The highest BCUT2D eigenvalue weighted by atomic mass is 16.6. The summed E-state index contributed by atoms with van der Waals surface area (Å²) in [6, 6.07) is 5.31. The fourth-order valence-electron chi connectivity index (χ4n) is 4.29. The van der Waals surface area contributed by atoms with Gasteiger partial charge in [0.2, 0.25) is 6.41 Å². The molecule has 0 radical (unpaired) electrons. The molecule has 0 atom stereocenters. The first-order valence-corrected chi connectivity index (χ1v) is 12.6. The van der Waals surface area contributed by atoms with Crippen LogP contribution in [0.15, 0.2) is 46.0 Å². The van der Waals surface area contributed by atoms with Gasteiger partial charge in [0.05, 0.1) is 11.4 Å². The number of aromatic hydroxyl groups is 1. The Kier molecular flexibility index (Phi) is 8.92. The molecular weight excluding hydrogens is 504 g/mol. The molecule has 2 aliphatic rings. The number of fused-ring (bicyclic) bond motifs is 1. The van der Waals surface area contributed by atoms with Crippen molar-refractivity contribution in [2.45, 2.75) is 26.7 Å². The second-order valence-electron chi connectivity index (χ2n) is 8.72. The molecule has 2 amide bonds. The number of amides is 2. The number of allylic oxidation sites excluding steroid dienone is 1. The number of amidine groups is 1. The summed E-state index contributed by atoms with van der Waals surface area (Å²) in [4.78, 5) is 38.8. The molecule has 0 spiro atoms. The molecule has 4 rings (SSSR count). The van der Waals surface area contributed by atoms with E-state index >= 15 is 0 Å². The Labute approximate surface area is 226 Å². The van der Waals surface area contributed by atoms with Crippen molar-refractivity contribution in [1.82, 2.24) is 30.5 Å². The summed E-state index contributed by atoms with van der Waals surface area (Å²) < 4.78 is 11.3. The van der Waals surface area contributed by atoms with Gasteiger partial charge in [-0.3, -0.25) is 9.59 Å². The van der Waals surface area contributed by atoms with Crippen molar-refractivity contribution in [2.75, 3.05) is 39.5 Å². The van der Waals surface area contributed by atoms with Crippen molar-refractivity contribution in [3.05, 3.63) is 52.9 Å². The molecular formula is C26H32N8O5. The first-order chi connectivity index (χ1) is 19.0. The minimum Gasteiger partial charge on any atom is -0.504 e. The molecule has 206 valence electrons. The number of aliphatic imine (C=N–C) groups is 1. The summed E-state index contributed by atoms with van der Waals surface area (Å²) in [7, 11) is 0. The number of hydrazone groups is 1. The molecule has 0 saturated carbocycles. The van der Waals surface area contributed by atoms with Gasteiger partial charge in [-0.1, -0.05) is 6.92 Å². The van der Waals surface area contributed by atoms with E-state index in [0.717, 1.165) is 5.70 Å². The van der Waals surface area contributed by atoms with Gasteiger partial charge in [-0.15, -0.1) is 5.10 Å². The van der Waals surface area contributed by atoms with Crippen LogP contribution in [0.2, 0.25) is 0 Å². The maximum absolute atomic E-state index is 13.8. The van der Waals surface area contributed by atoms with Gasteiger partial charge in [0.15, 0.2) is 23.1 Å². The zero-order valence-corrected chi connectivity index (χ0v) is 22.0. The molecule has 0 saturated heterocycles. The average Bonchev–Trinajstić information content (AvgIpc) is 2.96. The summed E-state index contributed by atoms with van der Waals surface area (Å²) in [6.07, 6.45) is 2.93. The number of benzene rings is 1. The third kappa shape index (κ3) is 6.25. The number of aromatic nitrogens is 2. The topological polar surface area (TPSA) is 154 Å². The van der Waals surface area contributed by atoms with E-state index in [9.17, 15) is 14.7 Å². The normalized spacial score (nSPS) is 15.1. The Morgan fingerprint density at radius 2 is 2.08 bits per heavy atom. The molecule has 2 aromatic rings. The summed E-state index contributed by atoms with van der Waals surface area (Å²) in [5, 5.41) is 22.1. The highest BCUT2D eigenvalue weighted by molar-refractivity contribution is 6.03.